The van der Waals surface area contributed by atoms with Crippen LogP contribution in [-0.2, 0) is 0 Å². The smallest absolute Gasteiger partial charge is 0.243 e. The first-order chi connectivity index (χ1) is 13.8. The summed E-state index contributed by atoms with van der Waals surface area (Å²) in [5, 5.41) is 35.5. The second-order valence-electron chi connectivity index (χ2n) is 8.39. The van der Waals surface area contributed by atoms with Gasteiger partial charge in [-0.3, -0.25) is 4.90 Å². The van der Waals surface area contributed by atoms with E-state index in [0.717, 1.165) is 41.7 Å². The number of aromatic hydroxyl groups is 1. The number of piperidine rings is 1. The molecule has 0 saturated carbocycles. The van der Waals surface area contributed by atoms with E-state index in [1.54, 1.807) is 11.3 Å². The number of benzene rings is 1. The highest BCUT2D eigenvalue weighted by Gasteiger charge is 2.25. The number of nitrogens with one attached hydrogen (secondary N) is 1. The van der Waals surface area contributed by atoms with E-state index in [9.17, 15) is 10.2 Å². The van der Waals surface area contributed by atoms with Crippen molar-refractivity contribution < 1.29 is 10.2 Å². The van der Waals surface area contributed by atoms with Crippen LogP contribution >= 0.6 is 11.3 Å². The molecular weight excluding hydrogens is 386 g/mol. The number of thiophene rings is 1. The van der Waals surface area contributed by atoms with E-state index in [1.165, 1.54) is 0 Å². The van der Waals surface area contributed by atoms with E-state index < -0.39 is 5.60 Å². The molecule has 3 N–H and O–H groups in total. The van der Waals surface area contributed by atoms with Gasteiger partial charge in [-0.2, -0.15) is 0 Å². The first-order valence-electron chi connectivity index (χ1n) is 9.92. The van der Waals surface area contributed by atoms with Crippen LogP contribution in [0.15, 0.2) is 23.6 Å². The summed E-state index contributed by atoms with van der Waals surface area (Å²) in [5.74, 6) is 0.718. The molecule has 154 valence electrons. The molecule has 0 bridgehead atoms. The van der Waals surface area contributed by atoms with Gasteiger partial charge in [0.1, 0.15) is 11.4 Å². The van der Waals surface area contributed by atoms with Gasteiger partial charge in [-0.05, 0) is 63.7 Å². The number of hydrogen-bond acceptors (Lipinski definition) is 8. The number of aryl methyl sites for hydroxylation is 1. The number of aliphatic hydroxyl groups is 1. The number of hydrogen-bond donors (Lipinski definition) is 3. The summed E-state index contributed by atoms with van der Waals surface area (Å²) >= 11 is 1.59. The summed E-state index contributed by atoms with van der Waals surface area (Å²) in [5.41, 5.74) is 1.25. The average molecular weight is 414 g/mol. The third kappa shape index (κ3) is 4.49. The Morgan fingerprint density at radius 3 is 2.86 bits per heavy atom. The van der Waals surface area contributed by atoms with Crippen LogP contribution in [0.2, 0.25) is 0 Å². The molecule has 0 radical (unpaired) electrons. The second-order valence-corrected chi connectivity index (χ2v) is 9.34. The topological polar surface area (TPSA) is 94.4 Å². The number of aromatic nitrogens is 3. The molecule has 0 unspecified atom stereocenters. The van der Waals surface area contributed by atoms with E-state index in [-0.39, 0.29) is 11.8 Å². The van der Waals surface area contributed by atoms with Crippen molar-refractivity contribution in [2.24, 2.45) is 0 Å². The lowest BCUT2D eigenvalue weighted by molar-refractivity contribution is 0.0286. The van der Waals surface area contributed by atoms with Gasteiger partial charge in [-0.25, -0.2) is 4.98 Å². The Bertz CT molecular complexity index is 1010. The molecule has 8 heteroatoms. The van der Waals surface area contributed by atoms with Crippen molar-refractivity contribution in [2.75, 3.05) is 25.0 Å². The zero-order valence-corrected chi connectivity index (χ0v) is 17.8. The van der Waals surface area contributed by atoms with Crippen LogP contribution in [0.3, 0.4) is 0 Å². The zero-order valence-electron chi connectivity index (χ0n) is 17.0. The highest BCUT2D eigenvalue weighted by molar-refractivity contribution is 7.17. The minimum atomic E-state index is -0.705. The molecule has 2 aromatic heterocycles. The lowest BCUT2D eigenvalue weighted by atomic mass is 10.0. The molecule has 29 heavy (non-hydrogen) atoms. The third-order valence-electron chi connectivity index (χ3n) is 5.17. The maximum Gasteiger partial charge on any atom is 0.243 e. The van der Waals surface area contributed by atoms with Crippen molar-refractivity contribution in [3.63, 3.8) is 0 Å². The molecule has 0 aliphatic carbocycles. The minimum Gasteiger partial charge on any atom is -0.507 e. The largest absolute Gasteiger partial charge is 0.507 e. The Labute approximate surface area is 174 Å². The molecule has 1 atom stereocenters. The molecule has 0 amide bonds. The number of nitrogens with zero attached hydrogens (tertiary/aromatic N) is 4. The molecular formula is C21H27N5O2S. The highest BCUT2D eigenvalue weighted by atomic mass is 32.1. The monoisotopic (exact) mass is 413 g/mol. The lowest BCUT2D eigenvalue weighted by Crippen LogP contribution is -2.47. The predicted molar refractivity (Wildman–Crippen MR) is 116 cm³/mol. The van der Waals surface area contributed by atoms with E-state index in [4.69, 9.17) is 0 Å². The predicted octanol–water partition coefficient (Wildman–Crippen LogP) is 3.41. The molecule has 1 saturated heterocycles. The van der Waals surface area contributed by atoms with E-state index in [2.05, 4.69) is 25.4 Å². The SMILES string of the molecule is Cc1nc(N[C@@H]2CCCN(CC(C)(C)O)C2)nnc1-c1ccc2sccc2c1O. The van der Waals surface area contributed by atoms with Gasteiger partial charge < -0.3 is 15.5 Å². The number of β-amino-alcohol motifs (C(OH)–C–C–N with tert-alkyl or cyclic N) is 1. The number of likely N-dealkylation sites (tertiary alicyclic amines) is 1. The highest BCUT2D eigenvalue weighted by Crippen LogP contribution is 2.37. The summed E-state index contributed by atoms with van der Waals surface area (Å²) in [7, 11) is 0. The van der Waals surface area contributed by atoms with Gasteiger partial charge in [0.15, 0.2) is 0 Å². The average Bonchev–Trinajstić information content (AvgIpc) is 3.11. The van der Waals surface area contributed by atoms with Crippen LogP contribution in [0, 0.1) is 6.92 Å². The fraction of sp³-hybridized carbons (Fsp3) is 0.476. The van der Waals surface area contributed by atoms with Crippen molar-refractivity contribution >= 4 is 27.4 Å². The summed E-state index contributed by atoms with van der Waals surface area (Å²) in [6.07, 6.45) is 2.09. The molecule has 1 aromatic carbocycles. The number of phenols is 1. The summed E-state index contributed by atoms with van der Waals surface area (Å²) in [6.45, 7) is 8.03. The fourth-order valence-corrected chi connectivity index (χ4v) is 4.77. The van der Waals surface area contributed by atoms with E-state index >= 15 is 0 Å². The van der Waals surface area contributed by atoms with Gasteiger partial charge in [-0.15, -0.1) is 21.5 Å². The quantitative estimate of drug-likeness (QED) is 0.590. The summed E-state index contributed by atoms with van der Waals surface area (Å²) in [6, 6.07) is 5.98. The van der Waals surface area contributed by atoms with E-state index in [0.29, 0.717) is 23.8 Å². The van der Waals surface area contributed by atoms with Gasteiger partial charge in [0, 0.05) is 34.8 Å². The number of fused-ring (bicyclic) bond motifs is 1. The Balaban J connectivity index is 1.50. The first kappa shape index (κ1) is 20.0. The minimum absolute atomic E-state index is 0.216. The number of anilines is 1. The third-order valence-corrected chi connectivity index (χ3v) is 6.05. The van der Waals surface area contributed by atoms with Crippen molar-refractivity contribution in [3.8, 4) is 17.0 Å². The van der Waals surface area contributed by atoms with Crippen LogP contribution < -0.4 is 5.32 Å². The molecule has 3 aromatic rings. The molecule has 1 aliphatic rings. The molecule has 3 heterocycles. The van der Waals surface area contributed by atoms with Gasteiger partial charge >= 0.3 is 0 Å². The maximum atomic E-state index is 10.6. The molecule has 0 spiro atoms. The van der Waals surface area contributed by atoms with Crippen molar-refractivity contribution in [2.45, 2.75) is 45.3 Å². The van der Waals surface area contributed by atoms with Crippen LogP contribution in [-0.4, -0.2) is 61.6 Å². The number of rotatable bonds is 5. The normalized spacial score (nSPS) is 18.3. The van der Waals surface area contributed by atoms with E-state index in [1.807, 2.05) is 44.4 Å². The Kier molecular flexibility index (Phi) is 5.42. The maximum absolute atomic E-state index is 10.6. The van der Waals surface area contributed by atoms with Gasteiger partial charge in [0.2, 0.25) is 5.95 Å². The van der Waals surface area contributed by atoms with Gasteiger partial charge in [-0.1, -0.05) is 0 Å². The van der Waals surface area contributed by atoms with Crippen LogP contribution in [0.5, 0.6) is 5.75 Å². The van der Waals surface area contributed by atoms with Gasteiger partial charge in [0.25, 0.3) is 0 Å². The summed E-state index contributed by atoms with van der Waals surface area (Å²) in [4.78, 5) is 6.86. The number of phenolic OH excluding ortho intramolecular Hbond substituents is 1. The molecule has 1 fully saturated rings. The molecule has 4 rings (SSSR count). The van der Waals surface area contributed by atoms with Crippen molar-refractivity contribution in [1.29, 1.82) is 0 Å². The van der Waals surface area contributed by atoms with Gasteiger partial charge in [0.05, 0.1) is 11.3 Å². The van der Waals surface area contributed by atoms with Crippen LogP contribution in [0.1, 0.15) is 32.4 Å². The second kappa shape index (κ2) is 7.85. The van der Waals surface area contributed by atoms with Crippen molar-refractivity contribution in [3.05, 3.63) is 29.3 Å². The summed E-state index contributed by atoms with van der Waals surface area (Å²) < 4.78 is 1.04. The van der Waals surface area contributed by atoms with Crippen LogP contribution in [0.25, 0.3) is 21.3 Å². The Morgan fingerprint density at radius 1 is 1.28 bits per heavy atom. The first-order valence-corrected chi connectivity index (χ1v) is 10.8. The Morgan fingerprint density at radius 2 is 2.10 bits per heavy atom. The lowest BCUT2D eigenvalue weighted by Gasteiger charge is -2.36. The fourth-order valence-electron chi connectivity index (χ4n) is 3.98. The molecule has 1 aliphatic heterocycles. The van der Waals surface area contributed by atoms with Crippen molar-refractivity contribution in [1.82, 2.24) is 20.1 Å². The molecule has 7 nitrogen and oxygen atoms in total. The van der Waals surface area contributed by atoms with Crippen LogP contribution in [0.4, 0.5) is 5.95 Å². The standard InChI is InChI=1S/C21H27N5O2S/c1-13-18(16-6-7-17-15(19(16)27)8-10-29-17)24-25-20(22-13)23-14-5-4-9-26(11-14)12-21(2,3)28/h6-8,10,14,27-28H,4-5,9,11-12H2,1-3H3,(H,22,23,25)/t14-/m1/s1. The zero-order chi connectivity index (χ0) is 20.6. The Hall–Kier alpha value is -2.29.